The van der Waals surface area contributed by atoms with Gasteiger partial charge in [-0.15, -0.1) is 10.2 Å². The van der Waals surface area contributed by atoms with Gasteiger partial charge in [0.05, 0.1) is 17.0 Å². The summed E-state index contributed by atoms with van der Waals surface area (Å²) in [5.74, 6) is 0.788. The van der Waals surface area contributed by atoms with Crippen LogP contribution in [0.3, 0.4) is 0 Å². The van der Waals surface area contributed by atoms with Gasteiger partial charge in [0.2, 0.25) is 5.91 Å². The molecule has 0 aliphatic carbocycles. The van der Waals surface area contributed by atoms with Crippen LogP contribution >= 0.6 is 11.8 Å². The Hall–Kier alpha value is -3.11. The van der Waals surface area contributed by atoms with Crippen LogP contribution in [-0.4, -0.2) is 26.4 Å². The first-order valence-electron chi connectivity index (χ1n) is 8.54. The number of para-hydroxylation sites is 1. The summed E-state index contributed by atoms with van der Waals surface area (Å²) in [5.41, 5.74) is 3.11. The maximum Gasteiger partial charge on any atom is 0.234 e. The largest absolute Gasteiger partial charge is 0.324 e. The molecule has 0 radical (unpaired) electrons. The zero-order valence-electron chi connectivity index (χ0n) is 15.1. The van der Waals surface area contributed by atoms with Crippen molar-refractivity contribution in [2.24, 2.45) is 0 Å². The SMILES string of the molecule is CCn1c(SCC(=O)Nc2ccccc2C#N)nnc1-c1cccc(C)c1. The molecular formula is C20H19N5OS. The smallest absolute Gasteiger partial charge is 0.234 e. The minimum atomic E-state index is -0.189. The first-order valence-corrected chi connectivity index (χ1v) is 9.53. The Morgan fingerprint density at radius 3 is 2.78 bits per heavy atom. The predicted molar refractivity (Wildman–Crippen MR) is 106 cm³/mol. The van der Waals surface area contributed by atoms with Crippen molar-refractivity contribution in [2.75, 3.05) is 11.1 Å². The molecule has 0 spiro atoms. The Morgan fingerprint density at radius 1 is 1.22 bits per heavy atom. The van der Waals surface area contributed by atoms with Crippen LogP contribution in [-0.2, 0) is 11.3 Å². The number of carbonyl (C=O) groups is 1. The van der Waals surface area contributed by atoms with Gasteiger partial charge < -0.3 is 9.88 Å². The minimum absolute atomic E-state index is 0.186. The van der Waals surface area contributed by atoms with E-state index < -0.39 is 0 Å². The quantitative estimate of drug-likeness (QED) is 0.659. The predicted octanol–water partition coefficient (Wildman–Crippen LogP) is 3.88. The molecule has 136 valence electrons. The molecule has 1 N–H and O–H groups in total. The highest BCUT2D eigenvalue weighted by Gasteiger charge is 2.15. The first kappa shape index (κ1) is 18.7. The molecule has 2 aromatic carbocycles. The summed E-state index contributed by atoms with van der Waals surface area (Å²) in [5, 5.41) is 21.1. The van der Waals surface area contributed by atoms with Crippen molar-refractivity contribution in [3.05, 3.63) is 59.7 Å². The van der Waals surface area contributed by atoms with E-state index in [1.807, 2.05) is 36.6 Å². The van der Waals surface area contributed by atoms with Crippen LogP contribution in [0.25, 0.3) is 11.4 Å². The van der Waals surface area contributed by atoms with Crippen LogP contribution in [0.2, 0.25) is 0 Å². The second-order valence-electron chi connectivity index (χ2n) is 5.91. The third-order valence-electron chi connectivity index (χ3n) is 3.96. The molecule has 1 aromatic heterocycles. The van der Waals surface area contributed by atoms with Gasteiger partial charge in [0.15, 0.2) is 11.0 Å². The van der Waals surface area contributed by atoms with Crippen LogP contribution in [0, 0.1) is 18.3 Å². The molecule has 27 heavy (non-hydrogen) atoms. The Kier molecular flexibility index (Phi) is 5.89. The highest BCUT2D eigenvalue weighted by Crippen LogP contribution is 2.25. The second-order valence-corrected chi connectivity index (χ2v) is 6.86. The molecule has 0 bridgehead atoms. The van der Waals surface area contributed by atoms with Gasteiger partial charge in [0.25, 0.3) is 0 Å². The van der Waals surface area contributed by atoms with Crippen LogP contribution < -0.4 is 5.32 Å². The molecule has 3 aromatic rings. The number of hydrogen-bond donors (Lipinski definition) is 1. The number of nitrogens with zero attached hydrogens (tertiary/aromatic N) is 4. The Bertz CT molecular complexity index is 1010. The van der Waals surface area contributed by atoms with Crippen molar-refractivity contribution in [1.29, 1.82) is 5.26 Å². The van der Waals surface area contributed by atoms with Crippen molar-refractivity contribution in [3.63, 3.8) is 0 Å². The molecule has 6 nitrogen and oxygen atoms in total. The van der Waals surface area contributed by atoms with Gasteiger partial charge in [-0.1, -0.05) is 47.7 Å². The normalized spacial score (nSPS) is 10.4. The van der Waals surface area contributed by atoms with Crippen LogP contribution in [0.4, 0.5) is 5.69 Å². The fourth-order valence-electron chi connectivity index (χ4n) is 2.68. The third kappa shape index (κ3) is 4.36. The summed E-state index contributed by atoms with van der Waals surface area (Å²) in [6.45, 7) is 4.77. The third-order valence-corrected chi connectivity index (χ3v) is 4.93. The molecule has 1 amide bonds. The average molecular weight is 377 g/mol. The molecule has 0 fully saturated rings. The van der Waals surface area contributed by atoms with E-state index in [9.17, 15) is 4.79 Å². The van der Waals surface area contributed by atoms with Gasteiger partial charge in [-0.25, -0.2) is 0 Å². The Balaban J connectivity index is 1.71. The van der Waals surface area contributed by atoms with Gasteiger partial charge >= 0.3 is 0 Å². The lowest BCUT2D eigenvalue weighted by Crippen LogP contribution is -2.15. The van der Waals surface area contributed by atoms with Crippen LogP contribution in [0.5, 0.6) is 0 Å². The van der Waals surface area contributed by atoms with E-state index in [1.54, 1.807) is 24.3 Å². The van der Waals surface area contributed by atoms with Crippen molar-refractivity contribution in [1.82, 2.24) is 14.8 Å². The topological polar surface area (TPSA) is 83.6 Å². The minimum Gasteiger partial charge on any atom is -0.324 e. The second kappa shape index (κ2) is 8.52. The monoisotopic (exact) mass is 377 g/mol. The number of nitriles is 1. The van der Waals surface area contributed by atoms with Crippen molar-refractivity contribution >= 4 is 23.4 Å². The average Bonchev–Trinajstić information content (AvgIpc) is 3.09. The number of nitrogens with one attached hydrogen (secondary N) is 1. The van der Waals surface area contributed by atoms with Gasteiger partial charge in [-0.2, -0.15) is 5.26 Å². The summed E-state index contributed by atoms with van der Waals surface area (Å²) in [7, 11) is 0. The fraction of sp³-hybridized carbons (Fsp3) is 0.200. The Labute approximate surface area is 162 Å². The number of hydrogen-bond acceptors (Lipinski definition) is 5. The molecule has 0 unspecified atom stereocenters. The number of carbonyl (C=O) groups excluding carboxylic acids is 1. The van der Waals surface area contributed by atoms with Crippen LogP contribution in [0.1, 0.15) is 18.1 Å². The van der Waals surface area contributed by atoms with E-state index in [2.05, 4.69) is 27.6 Å². The van der Waals surface area contributed by atoms with Gasteiger partial charge in [0, 0.05) is 12.1 Å². The molecule has 0 saturated carbocycles. The number of amides is 1. The van der Waals surface area contributed by atoms with E-state index in [0.717, 1.165) is 17.0 Å². The molecule has 3 rings (SSSR count). The van der Waals surface area contributed by atoms with Gasteiger partial charge in [-0.3, -0.25) is 4.79 Å². The zero-order valence-corrected chi connectivity index (χ0v) is 16.0. The highest BCUT2D eigenvalue weighted by atomic mass is 32.2. The number of aryl methyl sites for hydroxylation is 1. The first-order chi connectivity index (χ1) is 13.1. The summed E-state index contributed by atoms with van der Waals surface area (Å²) in [4.78, 5) is 12.3. The lowest BCUT2D eigenvalue weighted by Gasteiger charge is -2.09. The van der Waals surface area contributed by atoms with Crippen molar-refractivity contribution < 1.29 is 4.79 Å². The molecular weight excluding hydrogens is 358 g/mol. The van der Waals surface area contributed by atoms with E-state index >= 15 is 0 Å². The maximum absolute atomic E-state index is 12.3. The fourth-order valence-corrected chi connectivity index (χ4v) is 3.49. The number of rotatable bonds is 6. The standard InChI is InChI=1S/C20H19N5OS/c1-3-25-19(15-9-6-7-14(2)11-15)23-24-20(25)27-13-18(26)22-17-10-5-4-8-16(17)12-21/h4-11H,3,13H2,1-2H3,(H,22,26). The Morgan fingerprint density at radius 2 is 2.04 bits per heavy atom. The van der Waals surface area contributed by atoms with E-state index in [0.29, 0.717) is 23.0 Å². The van der Waals surface area contributed by atoms with Gasteiger partial charge in [0.1, 0.15) is 6.07 Å². The molecule has 0 aliphatic heterocycles. The molecule has 1 heterocycles. The van der Waals surface area contributed by atoms with Crippen LogP contribution in [0.15, 0.2) is 53.7 Å². The summed E-state index contributed by atoms with van der Waals surface area (Å²) in [6, 6.07) is 17.1. The van der Waals surface area contributed by atoms with E-state index in [4.69, 9.17) is 5.26 Å². The summed E-state index contributed by atoms with van der Waals surface area (Å²) in [6.07, 6.45) is 0. The van der Waals surface area contributed by atoms with E-state index in [1.165, 1.54) is 11.8 Å². The van der Waals surface area contributed by atoms with Crippen molar-refractivity contribution in [3.8, 4) is 17.5 Å². The number of thioether (sulfide) groups is 1. The molecule has 0 atom stereocenters. The number of aromatic nitrogens is 3. The highest BCUT2D eigenvalue weighted by molar-refractivity contribution is 7.99. The number of benzene rings is 2. The number of anilines is 1. The zero-order chi connectivity index (χ0) is 19.2. The van der Waals surface area contributed by atoms with Gasteiger partial charge in [-0.05, 0) is 32.0 Å². The molecule has 7 heteroatoms. The maximum atomic E-state index is 12.3. The lowest BCUT2D eigenvalue weighted by atomic mass is 10.1. The summed E-state index contributed by atoms with van der Waals surface area (Å²) >= 11 is 1.33. The lowest BCUT2D eigenvalue weighted by molar-refractivity contribution is -0.113. The molecule has 0 saturated heterocycles. The van der Waals surface area contributed by atoms with E-state index in [-0.39, 0.29) is 11.7 Å². The molecule has 0 aliphatic rings. The summed E-state index contributed by atoms with van der Waals surface area (Å²) < 4.78 is 2.00. The van der Waals surface area contributed by atoms with Crippen molar-refractivity contribution in [2.45, 2.75) is 25.5 Å².